The van der Waals surface area contributed by atoms with Crippen LogP contribution in [0, 0.1) is 6.92 Å². The Morgan fingerprint density at radius 1 is 1.47 bits per heavy atom. The van der Waals surface area contributed by atoms with Crippen LogP contribution in [0.15, 0.2) is 18.2 Å². The molecule has 2 rings (SSSR count). The molecular formula is C12H16ClNO3. The number of cyclic esters (lactones) is 1. The maximum absolute atomic E-state index is 11.1. The first kappa shape index (κ1) is 13.6. The zero-order valence-electron chi connectivity index (χ0n) is 9.86. The van der Waals surface area contributed by atoms with Crippen LogP contribution in [0.3, 0.4) is 0 Å². The fourth-order valence-corrected chi connectivity index (χ4v) is 1.92. The number of hydrogen-bond donors (Lipinski definition) is 1. The van der Waals surface area contributed by atoms with Gasteiger partial charge in [-0.1, -0.05) is 6.07 Å². The lowest BCUT2D eigenvalue weighted by molar-refractivity contribution is 0.115. The Morgan fingerprint density at radius 3 is 2.82 bits per heavy atom. The Morgan fingerprint density at radius 2 is 2.24 bits per heavy atom. The van der Waals surface area contributed by atoms with Crippen molar-refractivity contribution in [2.75, 3.05) is 13.7 Å². The molecule has 0 aliphatic carbocycles. The molecule has 0 unspecified atom stereocenters. The maximum atomic E-state index is 11.1. The van der Waals surface area contributed by atoms with Gasteiger partial charge in [-0.2, -0.15) is 0 Å². The van der Waals surface area contributed by atoms with E-state index in [9.17, 15) is 4.79 Å². The van der Waals surface area contributed by atoms with Crippen LogP contribution in [0.4, 0.5) is 4.79 Å². The van der Waals surface area contributed by atoms with Crippen molar-refractivity contribution in [3.63, 3.8) is 0 Å². The number of ether oxygens (including phenoxy) is 2. The first-order chi connectivity index (χ1) is 7.70. The highest BCUT2D eigenvalue weighted by Gasteiger charge is 2.21. The molecule has 1 saturated heterocycles. The second-order valence-corrected chi connectivity index (χ2v) is 3.84. The lowest BCUT2D eigenvalue weighted by Crippen LogP contribution is -2.35. The van der Waals surface area contributed by atoms with Crippen molar-refractivity contribution in [2.45, 2.75) is 19.4 Å². The lowest BCUT2D eigenvalue weighted by atomic mass is 9.98. The van der Waals surface area contributed by atoms with Crippen molar-refractivity contribution in [3.05, 3.63) is 29.3 Å². The van der Waals surface area contributed by atoms with Crippen LogP contribution in [-0.2, 0) is 4.74 Å². The first-order valence-corrected chi connectivity index (χ1v) is 5.28. The van der Waals surface area contributed by atoms with E-state index in [1.165, 1.54) is 0 Å². The molecule has 4 nitrogen and oxygen atoms in total. The van der Waals surface area contributed by atoms with Crippen LogP contribution in [-0.4, -0.2) is 19.8 Å². The molecule has 0 saturated carbocycles. The van der Waals surface area contributed by atoms with Crippen LogP contribution >= 0.6 is 12.4 Å². The van der Waals surface area contributed by atoms with E-state index < -0.39 is 0 Å². The van der Waals surface area contributed by atoms with Gasteiger partial charge in [-0.25, -0.2) is 4.79 Å². The molecule has 1 aromatic carbocycles. The lowest BCUT2D eigenvalue weighted by Gasteiger charge is -2.25. The molecule has 94 valence electrons. The van der Waals surface area contributed by atoms with Gasteiger partial charge in [0.2, 0.25) is 0 Å². The van der Waals surface area contributed by atoms with Crippen LogP contribution in [0.25, 0.3) is 0 Å². The van der Waals surface area contributed by atoms with Crippen LogP contribution in [0.5, 0.6) is 5.75 Å². The summed E-state index contributed by atoms with van der Waals surface area (Å²) < 4.78 is 9.99. The number of carbonyl (C=O) groups excluding carboxylic acids is 1. The molecule has 1 amide bonds. The average Bonchev–Trinajstić information content (AvgIpc) is 2.28. The quantitative estimate of drug-likeness (QED) is 0.886. The second kappa shape index (κ2) is 5.77. The molecule has 1 N–H and O–H groups in total. The molecule has 0 aromatic heterocycles. The Balaban J connectivity index is 0.00000144. The summed E-state index contributed by atoms with van der Waals surface area (Å²) in [5.41, 5.74) is 2.24. The number of alkyl carbamates (subject to hydrolysis) is 1. The summed E-state index contributed by atoms with van der Waals surface area (Å²) in [4.78, 5) is 11.1. The van der Waals surface area contributed by atoms with Crippen molar-refractivity contribution in [1.29, 1.82) is 0 Å². The third-order valence-electron chi connectivity index (χ3n) is 2.78. The minimum Gasteiger partial charge on any atom is -0.497 e. The third-order valence-corrected chi connectivity index (χ3v) is 2.78. The van der Waals surface area contributed by atoms with E-state index in [1.807, 2.05) is 25.1 Å². The van der Waals surface area contributed by atoms with Gasteiger partial charge in [0.15, 0.2) is 0 Å². The second-order valence-electron chi connectivity index (χ2n) is 3.84. The number of hydrogen-bond acceptors (Lipinski definition) is 3. The maximum Gasteiger partial charge on any atom is 0.407 e. The highest BCUT2D eigenvalue weighted by atomic mass is 35.5. The Labute approximate surface area is 107 Å². The highest BCUT2D eigenvalue weighted by molar-refractivity contribution is 5.85. The summed E-state index contributed by atoms with van der Waals surface area (Å²) >= 11 is 0. The van der Waals surface area contributed by atoms with Crippen molar-refractivity contribution in [1.82, 2.24) is 5.32 Å². The zero-order valence-corrected chi connectivity index (χ0v) is 10.7. The Bertz CT molecular complexity index is 409. The molecular weight excluding hydrogens is 242 g/mol. The molecule has 0 spiro atoms. The van der Waals surface area contributed by atoms with Gasteiger partial charge in [0.1, 0.15) is 5.75 Å². The number of aryl methyl sites for hydroxylation is 1. The average molecular weight is 258 g/mol. The van der Waals surface area contributed by atoms with Crippen LogP contribution < -0.4 is 10.1 Å². The normalized spacial score (nSPS) is 18.7. The van der Waals surface area contributed by atoms with Gasteiger partial charge in [0, 0.05) is 6.42 Å². The van der Waals surface area contributed by atoms with Crippen LogP contribution in [0.1, 0.15) is 23.6 Å². The number of amides is 1. The summed E-state index contributed by atoms with van der Waals surface area (Å²) in [5, 5.41) is 2.81. The summed E-state index contributed by atoms with van der Waals surface area (Å²) in [6.45, 7) is 2.49. The molecule has 1 aliphatic heterocycles. The van der Waals surface area contributed by atoms with E-state index in [0.29, 0.717) is 6.61 Å². The molecule has 1 atom stereocenters. The molecule has 1 aliphatic rings. The van der Waals surface area contributed by atoms with Gasteiger partial charge in [-0.15, -0.1) is 12.4 Å². The largest absolute Gasteiger partial charge is 0.497 e. The number of rotatable bonds is 2. The number of methoxy groups -OCH3 is 1. The Hall–Kier alpha value is -1.42. The monoisotopic (exact) mass is 257 g/mol. The van der Waals surface area contributed by atoms with E-state index in [2.05, 4.69) is 5.32 Å². The minimum absolute atomic E-state index is 0. The van der Waals surface area contributed by atoms with Crippen molar-refractivity contribution in [3.8, 4) is 5.75 Å². The molecule has 0 radical (unpaired) electrons. The number of carbonyl (C=O) groups is 1. The molecule has 17 heavy (non-hydrogen) atoms. The predicted molar refractivity (Wildman–Crippen MR) is 66.8 cm³/mol. The van der Waals surface area contributed by atoms with Crippen molar-refractivity contribution in [2.24, 2.45) is 0 Å². The zero-order chi connectivity index (χ0) is 11.5. The smallest absolute Gasteiger partial charge is 0.407 e. The van der Waals surface area contributed by atoms with Crippen LogP contribution in [0.2, 0.25) is 0 Å². The fraction of sp³-hybridized carbons (Fsp3) is 0.417. The third kappa shape index (κ3) is 3.03. The molecule has 1 fully saturated rings. The van der Waals surface area contributed by atoms with Gasteiger partial charge in [0.25, 0.3) is 0 Å². The van der Waals surface area contributed by atoms with Gasteiger partial charge in [-0.05, 0) is 30.2 Å². The van der Waals surface area contributed by atoms with E-state index in [0.717, 1.165) is 23.3 Å². The summed E-state index contributed by atoms with van der Waals surface area (Å²) in [6, 6.07) is 5.91. The van der Waals surface area contributed by atoms with Gasteiger partial charge in [-0.3, -0.25) is 0 Å². The summed E-state index contributed by atoms with van der Waals surface area (Å²) in [5.74, 6) is 0.833. The van der Waals surface area contributed by atoms with Crippen molar-refractivity contribution >= 4 is 18.5 Å². The van der Waals surface area contributed by atoms with E-state index in [1.54, 1.807) is 7.11 Å². The fourth-order valence-electron chi connectivity index (χ4n) is 1.92. The predicted octanol–water partition coefficient (Wildman–Crippen LogP) is 2.60. The van der Waals surface area contributed by atoms with E-state index in [4.69, 9.17) is 9.47 Å². The molecule has 5 heteroatoms. The molecule has 0 bridgehead atoms. The minimum atomic E-state index is -0.341. The summed E-state index contributed by atoms with van der Waals surface area (Å²) in [7, 11) is 1.64. The number of halogens is 1. The van der Waals surface area contributed by atoms with E-state index in [-0.39, 0.29) is 24.5 Å². The van der Waals surface area contributed by atoms with Gasteiger partial charge in [0.05, 0.1) is 19.8 Å². The molecule has 1 heterocycles. The van der Waals surface area contributed by atoms with Gasteiger partial charge >= 0.3 is 6.09 Å². The van der Waals surface area contributed by atoms with Gasteiger partial charge < -0.3 is 14.8 Å². The highest BCUT2D eigenvalue weighted by Crippen LogP contribution is 2.26. The topological polar surface area (TPSA) is 47.6 Å². The Kier molecular flexibility index (Phi) is 4.63. The molecule has 1 aromatic rings. The number of nitrogens with one attached hydrogen (secondary N) is 1. The first-order valence-electron chi connectivity index (χ1n) is 5.28. The van der Waals surface area contributed by atoms with E-state index >= 15 is 0 Å². The number of benzene rings is 1. The SMILES string of the molecule is COc1ccc([C@H]2CCOC(=O)N2)c(C)c1.Cl. The van der Waals surface area contributed by atoms with Crippen molar-refractivity contribution < 1.29 is 14.3 Å². The standard InChI is InChI=1S/C12H15NO3.ClH/c1-8-7-9(15-2)3-4-10(8)11-5-6-16-12(14)13-11;/h3-4,7,11H,5-6H2,1-2H3,(H,13,14);1H/t11-;/m1./s1. The summed E-state index contributed by atoms with van der Waals surface area (Å²) in [6.07, 6.45) is 0.463.